The number of likely N-dealkylation sites (tertiary alicyclic amines) is 1. The monoisotopic (exact) mass is 634 g/mol. The minimum atomic E-state index is -0.864. The summed E-state index contributed by atoms with van der Waals surface area (Å²) in [4.78, 5) is 57.5. The predicted octanol–water partition coefficient (Wildman–Crippen LogP) is 3.10. The highest BCUT2D eigenvalue weighted by atomic mass is 16.5. The van der Waals surface area contributed by atoms with Gasteiger partial charge in [-0.05, 0) is 54.9 Å². The number of piperidine rings is 1. The topological polar surface area (TPSA) is 148 Å². The van der Waals surface area contributed by atoms with Crippen molar-refractivity contribution < 1.29 is 29.0 Å². The number of pyridine rings is 1. The molecular weight excluding hydrogens is 592 g/mol. The van der Waals surface area contributed by atoms with Gasteiger partial charge in [0.2, 0.25) is 17.7 Å². The number of aromatic nitrogens is 3. The van der Waals surface area contributed by atoms with Crippen molar-refractivity contribution in [2.75, 3.05) is 37.8 Å². The molecule has 3 saturated heterocycles. The molecule has 0 radical (unpaired) electrons. The first-order chi connectivity index (χ1) is 21.9. The molecule has 6 rings (SSSR count). The molecule has 3 aliphatic heterocycles. The molecule has 2 N–H and O–H groups in total. The van der Waals surface area contributed by atoms with Crippen molar-refractivity contribution in [3.63, 3.8) is 0 Å². The molecule has 3 amide bonds. The zero-order valence-corrected chi connectivity index (χ0v) is 26.8. The lowest BCUT2D eigenvalue weighted by Crippen LogP contribution is -2.61. The molecule has 2 aromatic heterocycles. The van der Waals surface area contributed by atoms with Gasteiger partial charge in [-0.15, -0.1) is 0 Å². The van der Waals surface area contributed by atoms with Crippen LogP contribution in [0, 0.1) is 5.41 Å². The van der Waals surface area contributed by atoms with Crippen molar-refractivity contribution in [3.05, 3.63) is 52.4 Å². The van der Waals surface area contributed by atoms with Gasteiger partial charge >= 0.3 is 11.8 Å². The number of hydrogen-bond donors (Lipinski definition) is 2. The van der Waals surface area contributed by atoms with E-state index in [1.54, 1.807) is 16.5 Å². The summed E-state index contributed by atoms with van der Waals surface area (Å²) in [5.41, 5.74) is 1.51. The van der Waals surface area contributed by atoms with Crippen molar-refractivity contribution >= 4 is 34.8 Å². The van der Waals surface area contributed by atoms with Crippen LogP contribution in [-0.4, -0.2) is 86.5 Å². The molecule has 0 aliphatic carbocycles. The summed E-state index contributed by atoms with van der Waals surface area (Å²) in [5.74, 6) is 0.543. The van der Waals surface area contributed by atoms with E-state index in [1.807, 2.05) is 36.4 Å². The van der Waals surface area contributed by atoms with Gasteiger partial charge in [-0.2, -0.15) is 4.98 Å². The highest BCUT2D eigenvalue weighted by molar-refractivity contribution is 6.00. The highest BCUT2D eigenvalue weighted by Gasteiger charge is 2.62. The van der Waals surface area contributed by atoms with Gasteiger partial charge in [-0.1, -0.05) is 32.9 Å². The Morgan fingerprint density at radius 1 is 1.11 bits per heavy atom. The van der Waals surface area contributed by atoms with Gasteiger partial charge in [-0.3, -0.25) is 28.9 Å². The highest BCUT2D eigenvalue weighted by Crippen LogP contribution is 2.51. The van der Waals surface area contributed by atoms with Gasteiger partial charge in [0.25, 0.3) is 0 Å². The van der Waals surface area contributed by atoms with E-state index in [0.717, 1.165) is 36.2 Å². The molecule has 2 bridgehead atoms. The summed E-state index contributed by atoms with van der Waals surface area (Å²) >= 11 is 0. The molecule has 0 saturated carbocycles. The first-order valence-corrected chi connectivity index (χ1v) is 15.9. The Bertz CT molecular complexity index is 1730. The molecule has 13 heteroatoms. The summed E-state index contributed by atoms with van der Waals surface area (Å²) in [6.45, 7) is 8.67. The fourth-order valence-electron chi connectivity index (χ4n) is 7.32. The number of benzene rings is 1. The maximum Gasteiger partial charge on any atom is 0.407 e. The maximum absolute atomic E-state index is 13.0. The number of ether oxygens (including phenoxy) is 2. The Hall–Kier alpha value is -4.39. The summed E-state index contributed by atoms with van der Waals surface area (Å²) in [6, 6.07) is 10.9. The Kier molecular flexibility index (Phi) is 8.30. The number of anilines is 1. The molecule has 3 atom stereocenters. The minimum absolute atomic E-state index is 0.0808. The number of imide groups is 1. The molecule has 0 spiro atoms. The average Bonchev–Trinajstić information content (AvgIpc) is 3.67. The van der Waals surface area contributed by atoms with Gasteiger partial charge in [0.15, 0.2) is 0 Å². The predicted molar refractivity (Wildman–Crippen MR) is 170 cm³/mol. The van der Waals surface area contributed by atoms with Gasteiger partial charge in [0.1, 0.15) is 18.5 Å². The van der Waals surface area contributed by atoms with Gasteiger partial charge < -0.3 is 19.5 Å². The number of carboxylic acid groups (broad SMARTS) is 1. The molecule has 1 unspecified atom stereocenters. The number of carbonyl (C=O) groups is 3. The lowest BCUT2D eigenvalue weighted by atomic mass is 9.73. The average molecular weight is 635 g/mol. The van der Waals surface area contributed by atoms with Gasteiger partial charge in [0.05, 0.1) is 29.2 Å². The van der Waals surface area contributed by atoms with Crippen LogP contribution in [0.5, 0.6) is 5.88 Å². The third-order valence-corrected chi connectivity index (χ3v) is 9.89. The molecule has 3 aromatic rings. The van der Waals surface area contributed by atoms with Crippen LogP contribution in [0.4, 0.5) is 10.6 Å². The quantitative estimate of drug-likeness (QED) is 0.254. The van der Waals surface area contributed by atoms with Crippen LogP contribution in [0.3, 0.4) is 0 Å². The van der Waals surface area contributed by atoms with Gasteiger partial charge in [0, 0.05) is 39.2 Å². The lowest BCUT2D eigenvalue weighted by molar-refractivity contribution is -0.135. The molecule has 13 nitrogen and oxygen atoms in total. The molecule has 3 fully saturated rings. The van der Waals surface area contributed by atoms with E-state index in [-0.39, 0.29) is 29.5 Å². The maximum atomic E-state index is 13.0. The molecule has 246 valence electrons. The minimum Gasteiger partial charge on any atom is -0.475 e. The Morgan fingerprint density at radius 2 is 1.91 bits per heavy atom. The number of amides is 3. The fraction of sp³-hybridized carbons (Fsp3) is 0.545. The third kappa shape index (κ3) is 5.61. The van der Waals surface area contributed by atoms with Crippen LogP contribution < -0.4 is 20.6 Å². The standard InChI is InChI=1S/C33H42N6O7/c1-32(2,3)33-18-22(19-38(33)31(43)44)37(20-33)26-8-5-9-28(34-26)46-16-15-45-14-6-7-21-10-11-23-25(17-21)36(4)30(42)39(23)24-12-13-27(40)35-29(24)41/h5,8-11,17,22,24H,6-7,12-16,18-20H2,1-4H3,(H,43,44)(H,35,40,41)/t22-,24?,33+/m1/s1. The van der Waals surface area contributed by atoms with E-state index >= 15 is 0 Å². The van der Waals surface area contributed by atoms with Crippen molar-refractivity contribution in [3.8, 4) is 5.88 Å². The first kappa shape index (κ1) is 31.6. The number of fused-ring (bicyclic) bond motifs is 3. The van der Waals surface area contributed by atoms with Crippen molar-refractivity contribution in [1.29, 1.82) is 0 Å². The number of imidazole rings is 1. The van der Waals surface area contributed by atoms with Crippen LogP contribution in [0.25, 0.3) is 11.0 Å². The largest absolute Gasteiger partial charge is 0.475 e. The van der Waals surface area contributed by atoms with E-state index in [0.29, 0.717) is 50.7 Å². The van der Waals surface area contributed by atoms with E-state index < -0.39 is 23.6 Å². The summed E-state index contributed by atoms with van der Waals surface area (Å²) < 4.78 is 14.7. The van der Waals surface area contributed by atoms with E-state index in [1.165, 1.54) is 4.57 Å². The normalized spacial score (nSPS) is 23.0. The van der Waals surface area contributed by atoms with Crippen LogP contribution in [0.2, 0.25) is 0 Å². The smallest absolute Gasteiger partial charge is 0.407 e. The number of piperazine rings is 1. The van der Waals surface area contributed by atoms with E-state index in [9.17, 15) is 24.3 Å². The second kappa shape index (κ2) is 12.1. The Balaban J connectivity index is 0.978. The van der Waals surface area contributed by atoms with Crippen LogP contribution >= 0.6 is 0 Å². The lowest BCUT2D eigenvalue weighted by Gasteiger charge is -2.48. The number of nitrogens with zero attached hydrogens (tertiary/aromatic N) is 5. The van der Waals surface area contributed by atoms with Gasteiger partial charge in [-0.25, -0.2) is 9.59 Å². The second-order valence-electron chi connectivity index (χ2n) is 13.6. The Morgan fingerprint density at radius 3 is 2.65 bits per heavy atom. The second-order valence-corrected chi connectivity index (χ2v) is 13.6. The SMILES string of the molecule is Cn1c(=O)n(C2CCC(=O)NC2=O)c2ccc(CCCOCCOc3cccc(N4C[C@]5(C(C)(C)C)C[C@@H]4CN5C(=O)O)n3)cc21. The number of carbonyl (C=O) groups excluding carboxylic acids is 2. The van der Waals surface area contributed by atoms with E-state index in [4.69, 9.17) is 14.5 Å². The van der Waals surface area contributed by atoms with Crippen LogP contribution in [0.1, 0.15) is 58.1 Å². The number of hydrogen-bond acceptors (Lipinski definition) is 8. The van der Waals surface area contributed by atoms with Crippen LogP contribution in [0.15, 0.2) is 41.2 Å². The van der Waals surface area contributed by atoms with Crippen molar-refractivity contribution in [2.24, 2.45) is 12.5 Å². The molecule has 3 aliphatic rings. The van der Waals surface area contributed by atoms with Crippen molar-refractivity contribution in [1.82, 2.24) is 24.3 Å². The zero-order valence-electron chi connectivity index (χ0n) is 26.8. The summed E-state index contributed by atoms with van der Waals surface area (Å²) in [5, 5.41) is 12.2. The molecule has 5 heterocycles. The van der Waals surface area contributed by atoms with Crippen molar-refractivity contribution in [2.45, 2.75) is 70.5 Å². The molecule has 1 aromatic carbocycles. The third-order valence-electron chi connectivity index (χ3n) is 9.89. The van der Waals surface area contributed by atoms with Crippen LogP contribution in [-0.2, 0) is 27.8 Å². The molecular formula is C33H42N6O7. The number of nitrogens with one attached hydrogen (secondary N) is 1. The first-order valence-electron chi connectivity index (χ1n) is 15.9. The zero-order chi connectivity index (χ0) is 32.8. The number of aryl methyl sites for hydroxylation is 2. The fourth-order valence-corrected chi connectivity index (χ4v) is 7.32. The molecule has 46 heavy (non-hydrogen) atoms. The summed E-state index contributed by atoms with van der Waals surface area (Å²) in [6.07, 6.45) is 1.96. The number of rotatable bonds is 10. The Labute approximate surface area is 267 Å². The van der Waals surface area contributed by atoms with E-state index in [2.05, 4.69) is 31.0 Å². The summed E-state index contributed by atoms with van der Waals surface area (Å²) in [7, 11) is 1.69.